The molecule has 2 aromatic carbocycles. The van der Waals surface area contributed by atoms with Crippen LogP contribution < -0.4 is 4.68 Å². The molecule has 3 aromatic rings. The Bertz CT molecular complexity index is 696. The average molecular weight is 249 g/mol. The number of hydrogen-bond acceptors (Lipinski definition) is 0. The molecule has 0 bridgehead atoms. The Kier molecular flexibility index (Phi) is 2.92. The van der Waals surface area contributed by atoms with E-state index in [1.807, 2.05) is 6.07 Å². The second-order valence-corrected chi connectivity index (χ2v) is 4.74. The Hall–Kier alpha value is -2.35. The van der Waals surface area contributed by atoms with E-state index < -0.39 is 0 Å². The summed E-state index contributed by atoms with van der Waals surface area (Å²) >= 11 is 0. The third-order valence-corrected chi connectivity index (χ3v) is 3.40. The summed E-state index contributed by atoms with van der Waals surface area (Å²) in [5.41, 5.74) is 4.92. The Balaban J connectivity index is 2.23. The molecular formula is C17H17N2+. The van der Waals surface area contributed by atoms with E-state index in [1.54, 1.807) is 0 Å². The lowest BCUT2D eigenvalue weighted by Gasteiger charge is -2.08. The molecule has 0 radical (unpaired) electrons. The number of rotatable bonds is 2. The second-order valence-electron chi connectivity index (χ2n) is 4.74. The molecule has 19 heavy (non-hydrogen) atoms. The first-order chi connectivity index (χ1) is 9.27. The van der Waals surface area contributed by atoms with Crippen LogP contribution in [0.5, 0.6) is 0 Å². The van der Waals surface area contributed by atoms with Crippen molar-refractivity contribution >= 4 is 0 Å². The molecule has 3 rings (SSSR count). The maximum atomic E-state index is 2.24. The largest absolute Gasteiger partial charge is 0.196 e. The molecule has 0 saturated carbocycles. The van der Waals surface area contributed by atoms with Gasteiger partial charge in [-0.3, -0.25) is 0 Å². The molecule has 0 atom stereocenters. The molecule has 1 heterocycles. The maximum Gasteiger partial charge on any atom is 0.196 e. The molecule has 1 aromatic heterocycles. The van der Waals surface area contributed by atoms with E-state index in [2.05, 4.69) is 84.1 Å². The first-order valence-electron chi connectivity index (χ1n) is 6.46. The number of hydrogen-bond donors (Lipinski definition) is 0. The van der Waals surface area contributed by atoms with Gasteiger partial charge < -0.3 is 0 Å². The first-order valence-corrected chi connectivity index (χ1v) is 6.46. The van der Waals surface area contributed by atoms with Gasteiger partial charge in [0, 0.05) is 11.6 Å². The fourth-order valence-corrected chi connectivity index (χ4v) is 2.41. The molecule has 0 aliphatic rings. The zero-order chi connectivity index (χ0) is 13.2. The number of para-hydroxylation sites is 1. The van der Waals surface area contributed by atoms with Crippen molar-refractivity contribution in [3.8, 4) is 16.9 Å². The first kappa shape index (κ1) is 11.7. The molecule has 2 nitrogen and oxygen atoms in total. The van der Waals surface area contributed by atoms with Crippen LogP contribution in [-0.4, -0.2) is 4.68 Å². The van der Waals surface area contributed by atoms with Gasteiger partial charge in [0.1, 0.15) is 11.4 Å². The van der Waals surface area contributed by atoms with E-state index in [0.717, 1.165) is 0 Å². The van der Waals surface area contributed by atoms with Crippen molar-refractivity contribution in [1.82, 2.24) is 4.68 Å². The molecule has 0 amide bonds. The zero-order valence-electron chi connectivity index (χ0n) is 11.2. The van der Waals surface area contributed by atoms with Crippen molar-refractivity contribution in [2.24, 2.45) is 7.05 Å². The van der Waals surface area contributed by atoms with Crippen molar-refractivity contribution in [3.63, 3.8) is 0 Å². The molecule has 0 fully saturated rings. The van der Waals surface area contributed by atoms with Crippen LogP contribution in [0.15, 0.2) is 66.9 Å². The minimum Gasteiger partial charge on any atom is -0.121 e. The van der Waals surface area contributed by atoms with Crippen molar-refractivity contribution in [1.29, 1.82) is 0 Å². The van der Waals surface area contributed by atoms with E-state index >= 15 is 0 Å². The van der Waals surface area contributed by atoms with Gasteiger partial charge in [0.2, 0.25) is 0 Å². The standard InChI is InChI=1S/C17H17N2/c1-14-8-6-7-11-16(14)19-17(12-13-18(19)2)15-9-4-3-5-10-15/h3-13H,1-2H3/q+1. The summed E-state index contributed by atoms with van der Waals surface area (Å²) in [6.45, 7) is 2.14. The summed E-state index contributed by atoms with van der Waals surface area (Å²) in [5.74, 6) is 0. The van der Waals surface area contributed by atoms with Gasteiger partial charge in [-0.2, -0.15) is 0 Å². The van der Waals surface area contributed by atoms with E-state index in [9.17, 15) is 0 Å². The molecule has 0 saturated heterocycles. The Morgan fingerprint density at radius 3 is 2.26 bits per heavy atom. The molecule has 0 N–H and O–H groups in total. The van der Waals surface area contributed by atoms with Gasteiger partial charge in [0.25, 0.3) is 0 Å². The number of nitrogens with zero attached hydrogens (tertiary/aromatic N) is 2. The molecule has 0 spiro atoms. The van der Waals surface area contributed by atoms with Crippen LogP contribution in [0.1, 0.15) is 5.56 Å². The molecule has 2 heteroatoms. The van der Waals surface area contributed by atoms with Crippen molar-refractivity contribution in [3.05, 3.63) is 72.4 Å². The Morgan fingerprint density at radius 1 is 0.842 bits per heavy atom. The highest BCUT2D eigenvalue weighted by molar-refractivity contribution is 5.61. The third-order valence-electron chi connectivity index (χ3n) is 3.40. The molecule has 0 unspecified atom stereocenters. The summed E-state index contributed by atoms with van der Waals surface area (Å²) in [6.07, 6.45) is 2.09. The molecular weight excluding hydrogens is 232 g/mol. The Labute approximate surface area is 113 Å². The van der Waals surface area contributed by atoms with E-state index in [-0.39, 0.29) is 0 Å². The molecule has 94 valence electrons. The SMILES string of the molecule is Cc1ccccc1-n1c(-c2ccccc2)cc[n+]1C. The highest BCUT2D eigenvalue weighted by Gasteiger charge is 2.16. The van der Waals surface area contributed by atoms with Crippen LogP contribution in [0, 0.1) is 6.92 Å². The summed E-state index contributed by atoms with van der Waals surface area (Å²) in [5, 5.41) is 0. The lowest BCUT2D eigenvalue weighted by molar-refractivity contribution is -0.743. The predicted octanol–water partition coefficient (Wildman–Crippen LogP) is 3.28. The lowest BCUT2D eigenvalue weighted by Crippen LogP contribution is -2.37. The normalized spacial score (nSPS) is 10.6. The smallest absolute Gasteiger partial charge is 0.121 e. The van der Waals surface area contributed by atoms with E-state index in [0.29, 0.717) is 0 Å². The van der Waals surface area contributed by atoms with Crippen LogP contribution in [0.25, 0.3) is 16.9 Å². The highest BCUT2D eigenvalue weighted by Crippen LogP contribution is 2.22. The maximum absolute atomic E-state index is 2.24. The van der Waals surface area contributed by atoms with E-state index in [4.69, 9.17) is 0 Å². The van der Waals surface area contributed by atoms with Crippen LogP contribution in [-0.2, 0) is 7.05 Å². The number of aryl methyl sites for hydroxylation is 2. The number of benzene rings is 2. The quantitative estimate of drug-likeness (QED) is 0.616. The third kappa shape index (κ3) is 2.06. The van der Waals surface area contributed by atoms with Gasteiger partial charge in [-0.15, -0.1) is 9.36 Å². The van der Waals surface area contributed by atoms with Crippen molar-refractivity contribution in [2.75, 3.05) is 0 Å². The predicted molar refractivity (Wildman–Crippen MR) is 77.1 cm³/mol. The van der Waals surface area contributed by atoms with E-state index in [1.165, 1.54) is 22.5 Å². The molecule has 0 aliphatic carbocycles. The van der Waals surface area contributed by atoms with Crippen LogP contribution in [0.2, 0.25) is 0 Å². The summed E-state index contributed by atoms with van der Waals surface area (Å²) in [7, 11) is 2.07. The summed E-state index contributed by atoms with van der Waals surface area (Å²) < 4.78 is 4.36. The molecule has 0 aliphatic heterocycles. The van der Waals surface area contributed by atoms with Crippen LogP contribution >= 0.6 is 0 Å². The fourth-order valence-electron chi connectivity index (χ4n) is 2.41. The van der Waals surface area contributed by atoms with Crippen LogP contribution in [0.4, 0.5) is 0 Å². The van der Waals surface area contributed by atoms with Gasteiger partial charge in [0.15, 0.2) is 13.2 Å². The van der Waals surface area contributed by atoms with Gasteiger partial charge >= 0.3 is 0 Å². The topological polar surface area (TPSA) is 8.81 Å². The van der Waals surface area contributed by atoms with Gasteiger partial charge in [-0.25, -0.2) is 0 Å². The Morgan fingerprint density at radius 2 is 1.53 bits per heavy atom. The summed E-state index contributed by atoms with van der Waals surface area (Å²) in [4.78, 5) is 0. The monoisotopic (exact) mass is 249 g/mol. The summed E-state index contributed by atoms with van der Waals surface area (Å²) in [6, 6.07) is 21.1. The fraction of sp³-hybridized carbons (Fsp3) is 0.118. The minimum atomic E-state index is 1.21. The second kappa shape index (κ2) is 4.73. The van der Waals surface area contributed by atoms with Gasteiger partial charge in [-0.05, 0) is 18.6 Å². The lowest BCUT2D eigenvalue weighted by atomic mass is 10.1. The van der Waals surface area contributed by atoms with Crippen molar-refractivity contribution < 1.29 is 4.68 Å². The highest BCUT2D eigenvalue weighted by atomic mass is 15.4. The minimum absolute atomic E-state index is 1.21. The van der Waals surface area contributed by atoms with Crippen LogP contribution in [0.3, 0.4) is 0 Å². The van der Waals surface area contributed by atoms with Crippen molar-refractivity contribution in [2.45, 2.75) is 6.92 Å². The zero-order valence-corrected chi connectivity index (χ0v) is 11.2. The number of aromatic nitrogens is 2. The van der Waals surface area contributed by atoms with Gasteiger partial charge in [0.05, 0.1) is 0 Å². The average Bonchev–Trinajstić information content (AvgIpc) is 2.82. The van der Waals surface area contributed by atoms with Gasteiger partial charge in [-0.1, -0.05) is 48.5 Å².